The maximum Gasteiger partial charge on any atom is 0.495 e. The van der Waals surface area contributed by atoms with Crippen LogP contribution in [0.3, 0.4) is 0 Å². The van der Waals surface area contributed by atoms with Gasteiger partial charge < -0.3 is 14.0 Å². The van der Waals surface area contributed by atoms with Gasteiger partial charge in [-0.25, -0.2) is 4.79 Å². The molecule has 0 aromatic heterocycles. The number of amides is 1. The van der Waals surface area contributed by atoms with Gasteiger partial charge in [0.25, 0.3) is 0 Å². The van der Waals surface area contributed by atoms with E-state index in [0.717, 1.165) is 0 Å². The van der Waals surface area contributed by atoms with E-state index in [2.05, 4.69) is 5.32 Å². The Bertz CT molecular complexity index is 754. The van der Waals surface area contributed by atoms with Crippen LogP contribution in [0.2, 0.25) is 0 Å². The predicted molar refractivity (Wildman–Crippen MR) is 102 cm³/mol. The summed E-state index contributed by atoms with van der Waals surface area (Å²) in [6.45, 7) is 13.5. The van der Waals surface area contributed by atoms with Crippen LogP contribution in [0, 0.1) is 6.92 Å². The van der Waals surface area contributed by atoms with Crippen LogP contribution in [0.15, 0.2) is 12.1 Å². The van der Waals surface area contributed by atoms with Crippen molar-refractivity contribution in [2.24, 2.45) is 0 Å². The average molecular weight is 401 g/mol. The Labute approximate surface area is 164 Å². The van der Waals surface area contributed by atoms with Gasteiger partial charge in [0, 0.05) is 5.69 Å². The molecule has 0 atom stereocenters. The fraction of sp³-hybridized carbons (Fsp3) is 0.632. The highest BCUT2D eigenvalue weighted by Gasteiger charge is 2.54. The van der Waals surface area contributed by atoms with Crippen LogP contribution in [-0.4, -0.2) is 30.0 Å². The molecule has 1 heterocycles. The van der Waals surface area contributed by atoms with Gasteiger partial charge in [0.15, 0.2) is 0 Å². The fourth-order valence-electron chi connectivity index (χ4n) is 2.85. The molecule has 1 aliphatic rings. The normalized spacial score (nSPS) is 18.9. The lowest BCUT2D eigenvalue weighted by atomic mass is 9.74. The summed E-state index contributed by atoms with van der Waals surface area (Å²) in [7, 11) is -1.22. The fourth-order valence-corrected chi connectivity index (χ4v) is 2.85. The van der Waals surface area contributed by atoms with E-state index in [9.17, 15) is 18.0 Å². The number of ether oxygens (including phenoxy) is 1. The Morgan fingerprint density at radius 1 is 1.07 bits per heavy atom. The summed E-state index contributed by atoms with van der Waals surface area (Å²) in [6.07, 6.45) is -5.36. The zero-order valence-electron chi connectivity index (χ0n) is 17.5. The third-order valence-corrected chi connectivity index (χ3v) is 4.80. The van der Waals surface area contributed by atoms with Crippen LogP contribution in [-0.2, 0) is 20.2 Å². The molecular formula is C19H27BF3NO4. The number of rotatable bonds is 2. The molecular weight excluding hydrogens is 374 g/mol. The van der Waals surface area contributed by atoms with E-state index in [0.29, 0.717) is 0 Å². The minimum Gasteiger partial charge on any atom is -0.444 e. The third-order valence-electron chi connectivity index (χ3n) is 4.80. The van der Waals surface area contributed by atoms with Crippen molar-refractivity contribution in [3.63, 3.8) is 0 Å². The Morgan fingerprint density at radius 3 is 2.00 bits per heavy atom. The number of anilines is 1. The van der Waals surface area contributed by atoms with E-state index in [4.69, 9.17) is 14.0 Å². The van der Waals surface area contributed by atoms with Crippen molar-refractivity contribution in [1.82, 2.24) is 0 Å². The summed E-state index contributed by atoms with van der Waals surface area (Å²) >= 11 is 0. The number of alkyl halides is 3. The monoisotopic (exact) mass is 401 g/mol. The summed E-state index contributed by atoms with van der Waals surface area (Å²) in [5.41, 5.74) is -3.24. The van der Waals surface area contributed by atoms with Gasteiger partial charge in [0.05, 0.1) is 16.8 Å². The minimum atomic E-state index is -4.60. The van der Waals surface area contributed by atoms with Gasteiger partial charge in [-0.15, -0.1) is 0 Å². The highest BCUT2D eigenvalue weighted by atomic mass is 19.4. The molecule has 1 amide bonds. The van der Waals surface area contributed by atoms with Crippen LogP contribution in [0.5, 0.6) is 0 Å². The predicted octanol–water partition coefficient (Wildman–Crippen LogP) is 4.66. The second-order valence-electron chi connectivity index (χ2n) is 8.97. The molecule has 0 bridgehead atoms. The van der Waals surface area contributed by atoms with Crippen LogP contribution >= 0.6 is 0 Å². The molecule has 1 N–H and O–H groups in total. The Hall–Kier alpha value is -1.74. The van der Waals surface area contributed by atoms with E-state index in [1.165, 1.54) is 19.1 Å². The highest BCUT2D eigenvalue weighted by Crippen LogP contribution is 2.39. The van der Waals surface area contributed by atoms with Crippen molar-refractivity contribution in [3.05, 3.63) is 23.3 Å². The number of hydrogen-bond acceptors (Lipinski definition) is 4. The molecule has 0 saturated carbocycles. The first-order valence-corrected chi connectivity index (χ1v) is 9.00. The Kier molecular flexibility index (Phi) is 5.60. The number of halogens is 3. The number of benzene rings is 1. The molecule has 2 rings (SSSR count). The topological polar surface area (TPSA) is 56.8 Å². The van der Waals surface area contributed by atoms with Crippen LogP contribution in [0.25, 0.3) is 0 Å². The second kappa shape index (κ2) is 6.95. The molecule has 28 heavy (non-hydrogen) atoms. The van der Waals surface area contributed by atoms with Crippen molar-refractivity contribution in [1.29, 1.82) is 0 Å². The van der Waals surface area contributed by atoms with E-state index >= 15 is 0 Å². The number of nitrogens with one attached hydrogen (secondary N) is 1. The van der Waals surface area contributed by atoms with Gasteiger partial charge in [-0.3, -0.25) is 5.32 Å². The average Bonchev–Trinajstić information content (AvgIpc) is 2.62. The molecule has 0 aliphatic carbocycles. The van der Waals surface area contributed by atoms with Gasteiger partial charge in [-0.05, 0) is 78.5 Å². The maximum absolute atomic E-state index is 13.7. The van der Waals surface area contributed by atoms with E-state index in [1.807, 2.05) is 0 Å². The number of carbonyl (C=O) groups is 1. The van der Waals surface area contributed by atoms with Gasteiger partial charge in [0.2, 0.25) is 0 Å². The summed E-state index contributed by atoms with van der Waals surface area (Å²) in [5.74, 6) is 0. The molecule has 156 valence electrons. The third kappa shape index (κ3) is 4.81. The van der Waals surface area contributed by atoms with Crippen molar-refractivity contribution in [2.45, 2.75) is 78.4 Å². The van der Waals surface area contributed by atoms with Gasteiger partial charge in [0.1, 0.15) is 5.60 Å². The molecule has 1 aromatic carbocycles. The molecule has 1 aliphatic heterocycles. The maximum atomic E-state index is 13.7. The molecule has 1 saturated heterocycles. The molecule has 1 aromatic rings. The van der Waals surface area contributed by atoms with Crippen molar-refractivity contribution < 1.29 is 32.0 Å². The SMILES string of the molecule is Cc1cc(NC(=O)OC(C)(C)C)cc(B2OC(C)(C)C(C)(C)O2)c1C(F)(F)F. The highest BCUT2D eigenvalue weighted by molar-refractivity contribution is 6.63. The van der Waals surface area contributed by atoms with E-state index < -0.39 is 41.8 Å². The lowest BCUT2D eigenvalue weighted by Crippen LogP contribution is -2.41. The van der Waals surface area contributed by atoms with Gasteiger partial charge in [-0.1, -0.05) is 0 Å². The number of carbonyl (C=O) groups excluding carboxylic acids is 1. The zero-order chi connectivity index (χ0) is 21.7. The number of aryl methyl sites for hydroxylation is 1. The first-order valence-electron chi connectivity index (χ1n) is 9.00. The van der Waals surface area contributed by atoms with Crippen LogP contribution in [0.4, 0.5) is 23.7 Å². The van der Waals surface area contributed by atoms with Crippen molar-refractivity contribution in [2.75, 3.05) is 5.32 Å². The Balaban J connectivity index is 2.48. The summed E-state index contributed by atoms with van der Waals surface area (Å²) in [6, 6.07) is 2.48. The Morgan fingerprint density at radius 2 is 1.57 bits per heavy atom. The lowest BCUT2D eigenvalue weighted by molar-refractivity contribution is -0.137. The van der Waals surface area contributed by atoms with Gasteiger partial charge >= 0.3 is 19.4 Å². The zero-order valence-corrected chi connectivity index (χ0v) is 17.5. The molecule has 0 radical (unpaired) electrons. The molecule has 1 fully saturated rings. The summed E-state index contributed by atoms with van der Waals surface area (Å²) in [4.78, 5) is 12.0. The minimum absolute atomic E-state index is 0.0502. The quantitative estimate of drug-likeness (QED) is 0.733. The van der Waals surface area contributed by atoms with Gasteiger partial charge in [-0.2, -0.15) is 13.2 Å². The van der Waals surface area contributed by atoms with Crippen LogP contribution < -0.4 is 10.8 Å². The lowest BCUT2D eigenvalue weighted by Gasteiger charge is -2.32. The smallest absolute Gasteiger partial charge is 0.444 e. The second-order valence-corrected chi connectivity index (χ2v) is 8.97. The molecule has 0 spiro atoms. The molecule has 9 heteroatoms. The summed E-state index contributed by atoms with van der Waals surface area (Å²) < 4.78 is 58.0. The molecule has 0 unspecified atom stereocenters. The van der Waals surface area contributed by atoms with Crippen molar-refractivity contribution >= 4 is 24.4 Å². The summed E-state index contributed by atoms with van der Waals surface area (Å²) in [5, 5.41) is 2.48. The van der Waals surface area contributed by atoms with Crippen LogP contribution in [0.1, 0.15) is 59.6 Å². The largest absolute Gasteiger partial charge is 0.495 e. The van der Waals surface area contributed by atoms with Crippen molar-refractivity contribution in [3.8, 4) is 0 Å². The number of hydrogen-bond donors (Lipinski definition) is 1. The molecule has 5 nitrogen and oxygen atoms in total. The van der Waals surface area contributed by atoms with E-state index in [1.54, 1.807) is 48.5 Å². The first-order chi connectivity index (χ1) is 12.4. The van der Waals surface area contributed by atoms with E-state index in [-0.39, 0.29) is 16.7 Å². The standard InChI is InChI=1S/C19H27BF3NO4/c1-11-9-12(24-15(25)26-16(2,3)4)10-13(14(11)19(21,22)23)20-27-17(5,6)18(7,8)28-20/h9-10H,1-8H3,(H,24,25). The first kappa shape index (κ1) is 22.6.